The Bertz CT molecular complexity index is 1430. The second-order valence-corrected chi connectivity index (χ2v) is 9.87. The highest BCUT2D eigenvalue weighted by Crippen LogP contribution is 2.41. The van der Waals surface area contributed by atoms with Crippen LogP contribution in [0.2, 0.25) is 0 Å². The van der Waals surface area contributed by atoms with Gasteiger partial charge in [0.15, 0.2) is 0 Å². The number of nitrogens with zero attached hydrogens (tertiary/aromatic N) is 1. The average molecular weight is 579 g/mol. The van der Waals surface area contributed by atoms with E-state index in [-0.39, 0.29) is 17.2 Å². The highest BCUT2D eigenvalue weighted by molar-refractivity contribution is 9.10. The summed E-state index contributed by atoms with van der Waals surface area (Å²) < 4.78 is 11.8. The average Bonchev–Trinajstić information content (AvgIpc) is 3.42. The van der Waals surface area contributed by atoms with Crippen molar-refractivity contribution in [2.24, 2.45) is 0 Å². The molecule has 0 radical (unpaired) electrons. The van der Waals surface area contributed by atoms with Crippen molar-refractivity contribution in [3.63, 3.8) is 0 Å². The lowest BCUT2D eigenvalue weighted by Gasteiger charge is -2.28. The summed E-state index contributed by atoms with van der Waals surface area (Å²) in [6.07, 6.45) is 1.50. The van der Waals surface area contributed by atoms with Gasteiger partial charge in [0.05, 0.1) is 53.0 Å². The van der Waals surface area contributed by atoms with Crippen LogP contribution in [0.3, 0.4) is 0 Å². The number of halogens is 1. The van der Waals surface area contributed by atoms with Gasteiger partial charge in [-0.2, -0.15) is 5.26 Å². The molecule has 10 heteroatoms. The van der Waals surface area contributed by atoms with Gasteiger partial charge in [-0.05, 0) is 49.4 Å². The largest absolute Gasteiger partial charge is 0.495 e. The number of benzene rings is 2. The van der Waals surface area contributed by atoms with Crippen molar-refractivity contribution >= 4 is 50.9 Å². The van der Waals surface area contributed by atoms with E-state index in [1.54, 1.807) is 55.5 Å². The topological polar surface area (TPSA) is 116 Å². The number of rotatable bonds is 8. The summed E-state index contributed by atoms with van der Waals surface area (Å²) in [5, 5.41) is 19.5. The number of para-hydroxylation sites is 2. The number of dihydropyridines is 1. The van der Waals surface area contributed by atoms with E-state index < -0.39 is 11.8 Å². The number of nitriles is 1. The Labute approximate surface area is 226 Å². The normalized spacial score (nSPS) is 15.0. The maximum absolute atomic E-state index is 13.5. The first-order valence-electron chi connectivity index (χ1n) is 11.2. The molecule has 0 fully saturated rings. The van der Waals surface area contributed by atoms with Crippen LogP contribution in [0.25, 0.3) is 0 Å². The molecule has 2 amide bonds. The number of carbonyl (C=O) groups excluding carboxylic acids is 2. The fourth-order valence-electron chi connectivity index (χ4n) is 3.91. The molecule has 8 nitrogen and oxygen atoms in total. The number of hydrogen-bond acceptors (Lipinski definition) is 7. The number of anilines is 2. The van der Waals surface area contributed by atoms with Crippen LogP contribution in [0.5, 0.6) is 5.75 Å². The van der Waals surface area contributed by atoms with Gasteiger partial charge in [-0.1, -0.05) is 45.9 Å². The first-order valence-corrected chi connectivity index (χ1v) is 13.0. The van der Waals surface area contributed by atoms with Gasteiger partial charge in [-0.3, -0.25) is 9.59 Å². The van der Waals surface area contributed by atoms with Crippen LogP contribution in [-0.2, 0) is 9.59 Å². The molecule has 1 aromatic heterocycles. The van der Waals surface area contributed by atoms with E-state index in [1.807, 2.05) is 12.1 Å². The minimum absolute atomic E-state index is 0.0565. The van der Waals surface area contributed by atoms with Gasteiger partial charge < -0.3 is 25.1 Å². The summed E-state index contributed by atoms with van der Waals surface area (Å²) in [5.74, 6) is -0.381. The SMILES string of the molecule is COc1ccccc1NC(=O)C1=C(C)NC(SCC(=O)Nc2cccc(Br)c2)=C(C#N)[C@@H]1c1ccco1. The molecule has 1 atom stereocenters. The smallest absolute Gasteiger partial charge is 0.254 e. The van der Waals surface area contributed by atoms with Gasteiger partial charge in [0.1, 0.15) is 11.5 Å². The van der Waals surface area contributed by atoms with Crippen LogP contribution in [0.1, 0.15) is 18.6 Å². The van der Waals surface area contributed by atoms with Crippen molar-refractivity contribution in [1.82, 2.24) is 5.32 Å². The zero-order chi connectivity index (χ0) is 26.4. The van der Waals surface area contributed by atoms with Crippen molar-refractivity contribution in [2.75, 3.05) is 23.5 Å². The van der Waals surface area contributed by atoms with Crippen molar-refractivity contribution < 1.29 is 18.7 Å². The lowest BCUT2D eigenvalue weighted by Crippen LogP contribution is -2.31. The Balaban J connectivity index is 1.59. The van der Waals surface area contributed by atoms with Crippen LogP contribution < -0.4 is 20.7 Å². The predicted molar refractivity (Wildman–Crippen MR) is 147 cm³/mol. The third-order valence-corrected chi connectivity index (χ3v) is 7.04. The predicted octanol–water partition coefficient (Wildman–Crippen LogP) is 5.76. The fourth-order valence-corrected chi connectivity index (χ4v) is 5.20. The fraction of sp³-hybridized carbons (Fsp3) is 0.148. The molecule has 4 rings (SSSR count). The summed E-state index contributed by atoms with van der Waals surface area (Å²) in [7, 11) is 1.52. The van der Waals surface area contributed by atoms with E-state index in [0.717, 1.165) is 4.47 Å². The number of nitrogens with one attached hydrogen (secondary N) is 3. The van der Waals surface area contributed by atoms with E-state index in [9.17, 15) is 14.9 Å². The van der Waals surface area contributed by atoms with Gasteiger partial charge in [-0.25, -0.2) is 0 Å². The summed E-state index contributed by atoms with van der Waals surface area (Å²) in [6.45, 7) is 1.75. The minimum atomic E-state index is -0.758. The molecule has 0 saturated heterocycles. The van der Waals surface area contributed by atoms with E-state index >= 15 is 0 Å². The Hall–Kier alpha value is -3.94. The van der Waals surface area contributed by atoms with Crippen molar-refractivity contribution in [2.45, 2.75) is 12.8 Å². The van der Waals surface area contributed by atoms with Crippen LogP contribution in [0, 0.1) is 11.3 Å². The second kappa shape index (κ2) is 11.9. The zero-order valence-electron chi connectivity index (χ0n) is 20.0. The zero-order valence-corrected chi connectivity index (χ0v) is 22.4. The molecule has 0 saturated carbocycles. The molecule has 0 spiro atoms. The maximum Gasteiger partial charge on any atom is 0.254 e. The number of carbonyl (C=O) groups is 2. The first-order chi connectivity index (χ1) is 17.9. The highest BCUT2D eigenvalue weighted by atomic mass is 79.9. The van der Waals surface area contributed by atoms with E-state index in [0.29, 0.717) is 39.2 Å². The molecule has 2 heterocycles. The summed E-state index contributed by atoms with van der Waals surface area (Å²) >= 11 is 4.57. The monoisotopic (exact) mass is 578 g/mol. The molecule has 3 aromatic rings. The van der Waals surface area contributed by atoms with Crippen LogP contribution in [0.15, 0.2) is 97.7 Å². The summed E-state index contributed by atoms with van der Waals surface area (Å²) in [6, 6.07) is 20.0. The van der Waals surface area contributed by atoms with E-state index in [4.69, 9.17) is 9.15 Å². The Morgan fingerprint density at radius 3 is 2.68 bits per heavy atom. The van der Waals surface area contributed by atoms with Crippen molar-refractivity contribution in [3.8, 4) is 11.8 Å². The molecule has 37 heavy (non-hydrogen) atoms. The second-order valence-electron chi connectivity index (χ2n) is 7.97. The molecule has 1 aliphatic rings. The minimum Gasteiger partial charge on any atom is -0.495 e. The molecule has 3 N–H and O–H groups in total. The van der Waals surface area contributed by atoms with Crippen molar-refractivity contribution in [1.29, 1.82) is 5.26 Å². The lowest BCUT2D eigenvalue weighted by atomic mass is 9.85. The van der Waals surface area contributed by atoms with Gasteiger partial charge in [0.25, 0.3) is 5.91 Å². The van der Waals surface area contributed by atoms with Gasteiger partial charge >= 0.3 is 0 Å². The maximum atomic E-state index is 13.5. The quantitative estimate of drug-likeness (QED) is 0.311. The number of methoxy groups -OCH3 is 1. The number of amides is 2. The summed E-state index contributed by atoms with van der Waals surface area (Å²) in [4.78, 5) is 26.1. The number of furan rings is 1. The third kappa shape index (κ3) is 6.07. The van der Waals surface area contributed by atoms with Gasteiger partial charge in [0, 0.05) is 15.9 Å². The molecule has 2 aromatic carbocycles. The lowest BCUT2D eigenvalue weighted by molar-refractivity contribution is -0.114. The van der Waals surface area contributed by atoms with Gasteiger partial charge in [0.2, 0.25) is 5.91 Å². The summed E-state index contributed by atoms with van der Waals surface area (Å²) in [5.41, 5.74) is 2.32. The third-order valence-electron chi connectivity index (χ3n) is 5.53. The van der Waals surface area contributed by atoms with Crippen molar-refractivity contribution in [3.05, 3.63) is 99.0 Å². The first kappa shape index (κ1) is 26.1. The van der Waals surface area contributed by atoms with E-state index in [2.05, 4.69) is 37.9 Å². The molecule has 188 valence electrons. The molecule has 0 aliphatic carbocycles. The highest BCUT2D eigenvalue weighted by Gasteiger charge is 2.36. The number of allylic oxidation sites excluding steroid dienone is 2. The van der Waals surface area contributed by atoms with Crippen LogP contribution in [0.4, 0.5) is 11.4 Å². The Kier molecular flexibility index (Phi) is 8.38. The van der Waals surface area contributed by atoms with Crippen LogP contribution >= 0.6 is 27.7 Å². The molecular formula is C27H23BrN4O4S. The van der Waals surface area contributed by atoms with Gasteiger partial charge in [-0.15, -0.1) is 0 Å². The Morgan fingerprint density at radius 1 is 1.16 bits per heavy atom. The Morgan fingerprint density at radius 2 is 1.97 bits per heavy atom. The van der Waals surface area contributed by atoms with Crippen LogP contribution in [-0.4, -0.2) is 24.7 Å². The van der Waals surface area contributed by atoms with E-state index in [1.165, 1.54) is 25.1 Å². The standard InChI is InChI=1S/C27H23BrN4O4S/c1-16-24(26(34)32-20-9-3-4-10-21(20)35-2)25(22-11-6-12-36-22)19(14-29)27(30-16)37-15-23(33)31-18-8-5-7-17(28)13-18/h3-13,25,30H,15H2,1-2H3,(H,31,33)(H,32,34)/t25-/m1/s1. The number of thioether (sulfide) groups is 1. The molecule has 1 aliphatic heterocycles. The molecule has 0 bridgehead atoms. The molecule has 0 unspecified atom stereocenters. The number of ether oxygens (including phenoxy) is 1. The molecular weight excluding hydrogens is 556 g/mol. The number of hydrogen-bond donors (Lipinski definition) is 3.